The van der Waals surface area contributed by atoms with Crippen molar-refractivity contribution in [3.8, 4) is 17.2 Å². The number of rotatable bonds is 7. The lowest BCUT2D eigenvalue weighted by atomic mass is 9.74. The van der Waals surface area contributed by atoms with Gasteiger partial charge >= 0.3 is 0 Å². The second-order valence-electron chi connectivity index (χ2n) is 13.3. The van der Waals surface area contributed by atoms with Gasteiger partial charge in [0.05, 0.1) is 5.56 Å². The van der Waals surface area contributed by atoms with Gasteiger partial charge in [0.2, 0.25) is 0 Å². The molecule has 1 atom stereocenters. The van der Waals surface area contributed by atoms with Gasteiger partial charge in [-0.05, 0) is 110 Å². The van der Waals surface area contributed by atoms with Gasteiger partial charge in [-0.25, -0.2) is 4.39 Å². The highest BCUT2D eigenvalue weighted by Crippen LogP contribution is 2.43. The van der Waals surface area contributed by atoms with Crippen molar-refractivity contribution in [2.45, 2.75) is 64.7 Å². The number of aryl methyl sites for hydroxylation is 1. The number of benzene rings is 6. The second-order valence-corrected chi connectivity index (χ2v) is 13.3. The summed E-state index contributed by atoms with van der Waals surface area (Å²) < 4.78 is 13.8. The first kappa shape index (κ1) is 31.6. The zero-order valence-electron chi connectivity index (χ0n) is 27.8. The Labute approximate surface area is 284 Å². The first-order valence-corrected chi connectivity index (χ1v) is 17.7. The van der Waals surface area contributed by atoms with E-state index in [0.29, 0.717) is 0 Å². The summed E-state index contributed by atoms with van der Waals surface area (Å²) in [7, 11) is 0. The van der Waals surface area contributed by atoms with E-state index in [1.54, 1.807) is 22.8 Å². The van der Waals surface area contributed by atoms with Crippen LogP contribution in [0, 0.1) is 23.1 Å². The van der Waals surface area contributed by atoms with Gasteiger partial charge in [-0.2, -0.15) is 5.26 Å². The van der Waals surface area contributed by atoms with Gasteiger partial charge in [-0.15, -0.1) is 0 Å². The minimum Gasteiger partial charge on any atom is -0.206 e. The van der Waals surface area contributed by atoms with Gasteiger partial charge in [-0.3, -0.25) is 0 Å². The predicted molar refractivity (Wildman–Crippen MR) is 201 cm³/mol. The lowest BCUT2D eigenvalue weighted by molar-refractivity contribution is 0.493. The summed E-state index contributed by atoms with van der Waals surface area (Å²) in [5, 5.41) is 16.4. The summed E-state index contributed by atoms with van der Waals surface area (Å²) in [6, 6.07) is 38.7. The fourth-order valence-corrected chi connectivity index (χ4v) is 7.80. The van der Waals surface area contributed by atoms with Crippen molar-refractivity contribution in [2.75, 3.05) is 0 Å². The molecule has 8 rings (SSSR count). The maximum absolute atomic E-state index is 13.8. The molecule has 0 aliphatic heterocycles. The molecule has 6 aromatic rings. The molecule has 0 fully saturated rings. The molecule has 2 heteroatoms. The van der Waals surface area contributed by atoms with Gasteiger partial charge in [0.25, 0.3) is 0 Å². The first-order chi connectivity index (χ1) is 23.6. The molecule has 0 amide bonds. The van der Waals surface area contributed by atoms with Crippen molar-refractivity contribution in [1.82, 2.24) is 0 Å². The van der Waals surface area contributed by atoms with Crippen LogP contribution in [0.4, 0.5) is 4.39 Å². The third-order valence-corrected chi connectivity index (χ3v) is 10.3. The molecule has 0 N–H and O–H groups in total. The Morgan fingerprint density at radius 3 is 2.19 bits per heavy atom. The van der Waals surface area contributed by atoms with E-state index in [2.05, 4.69) is 91.9 Å². The molecule has 0 saturated heterocycles. The Balaban J connectivity index is 0.000000152. The Morgan fingerprint density at radius 1 is 0.688 bits per heavy atom. The van der Waals surface area contributed by atoms with Crippen molar-refractivity contribution in [3.05, 3.63) is 149 Å². The molecule has 6 aromatic carbocycles. The largest absolute Gasteiger partial charge is 0.206 e. The van der Waals surface area contributed by atoms with Gasteiger partial charge in [-0.1, -0.05) is 148 Å². The number of hydrogen-bond acceptors (Lipinski definition) is 1. The molecule has 48 heavy (non-hydrogen) atoms. The number of nitrogens with zero attached hydrogens (tertiary/aromatic N) is 1. The zero-order valence-corrected chi connectivity index (χ0v) is 27.8. The van der Waals surface area contributed by atoms with Crippen molar-refractivity contribution >= 4 is 37.9 Å². The molecule has 0 bridgehead atoms. The highest BCUT2D eigenvalue weighted by molar-refractivity contribution is 6.08. The molecule has 0 heterocycles. The number of fused-ring (bicyclic) bond motifs is 7. The lowest BCUT2D eigenvalue weighted by Crippen LogP contribution is -2.15. The molecule has 1 nitrogen and oxygen atoms in total. The van der Waals surface area contributed by atoms with Crippen LogP contribution in [-0.4, -0.2) is 0 Å². The summed E-state index contributed by atoms with van der Waals surface area (Å²) in [6.07, 6.45) is 16.9. The lowest BCUT2D eigenvalue weighted by Gasteiger charge is -2.31. The Morgan fingerprint density at radius 2 is 1.38 bits per heavy atom. The van der Waals surface area contributed by atoms with Crippen LogP contribution in [-0.2, 0) is 6.42 Å². The molecule has 2 aliphatic carbocycles. The highest BCUT2D eigenvalue weighted by Gasteiger charge is 2.26. The minimum absolute atomic E-state index is 0.0699. The molecule has 2 aliphatic rings. The first-order valence-electron chi connectivity index (χ1n) is 17.7. The van der Waals surface area contributed by atoms with E-state index in [4.69, 9.17) is 5.26 Å². The smallest absolute Gasteiger partial charge is 0.141 e. The SMILES string of the molecule is CCCCCCCC1CC=CC2=C1CCc1c2ccc2ccccc12.N#Cc1ccc(-c2ccc3c(ccc4ccccc43)c2)cc1F. The molecule has 0 saturated carbocycles. The van der Waals surface area contributed by atoms with E-state index >= 15 is 0 Å². The van der Waals surface area contributed by atoms with Crippen LogP contribution in [0.3, 0.4) is 0 Å². The monoisotopic (exact) mass is 627 g/mol. The van der Waals surface area contributed by atoms with E-state index < -0.39 is 5.82 Å². The molecule has 0 radical (unpaired) electrons. The highest BCUT2D eigenvalue weighted by atomic mass is 19.1. The number of allylic oxidation sites excluding steroid dienone is 4. The second kappa shape index (κ2) is 14.4. The van der Waals surface area contributed by atoms with E-state index in [-0.39, 0.29) is 5.56 Å². The maximum Gasteiger partial charge on any atom is 0.141 e. The van der Waals surface area contributed by atoms with Crippen LogP contribution in [0.15, 0.2) is 127 Å². The van der Waals surface area contributed by atoms with Crippen LogP contribution >= 0.6 is 0 Å². The average molecular weight is 628 g/mol. The standard InChI is InChI=1S/C25H30.C21H12FN/c1-2-3-4-5-6-10-19-12-9-14-23-22(19)17-18-24-21-13-8-7-11-20(21)15-16-25(23)24;22-21-12-16(6-8-18(21)13-23)15-9-10-20-17(11-15)7-5-14-3-1-2-4-19(14)20/h7-9,11,13-16,19H,2-6,10,12,17-18H2,1H3;1-12H. The Kier molecular flexibility index (Phi) is 9.48. The number of unbranched alkanes of at least 4 members (excludes halogenated alkanes) is 4. The summed E-state index contributed by atoms with van der Waals surface area (Å²) >= 11 is 0. The summed E-state index contributed by atoms with van der Waals surface area (Å²) in [5.41, 5.74) is 8.17. The number of halogens is 1. The van der Waals surface area contributed by atoms with E-state index in [9.17, 15) is 4.39 Å². The van der Waals surface area contributed by atoms with Crippen LogP contribution in [0.2, 0.25) is 0 Å². The molecule has 238 valence electrons. The van der Waals surface area contributed by atoms with Gasteiger partial charge in [0.15, 0.2) is 0 Å². The zero-order chi connectivity index (χ0) is 32.9. The van der Waals surface area contributed by atoms with Gasteiger partial charge in [0, 0.05) is 0 Å². The van der Waals surface area contributed by atoms with Crippen molar-refractivity contribution in [2.24, 2.45) is 5.92 Å². The summed E-state index contributed by atoms with van der Waals surface area (Å²) in [4.78, 5) is 0. The van der Waals surface area contributed by atoms with Crippen molar-refractivity contribution in [3.63, 3.8) is 0 Å². The van der Waals surface area contributed by atoms with Crippen LogP contribution in [0.1, 0.15) is 75.0 Å². The van der Waals surface area contributed by atoms with E-state index in [1.165, 1.54) is 102 Å². The summed E-state index contributed by atoms with van der Waals surface area (Å²) in [5.74, 6) is 0.310. The van der Waals surface area contributed by atoms with Gasteiger partial charge in [0.1, 0.15) is 11.9 Å². The number of nitriles is 1. The maximum atomic E-state index is 13.8. The van der Waals surface area contributed by atoms with Gasteiger partial charge < -0.3 is 0 Å². The molecular formula is C46H42FN. The van der Waals surface area contributed by atoms with Crippen LogP contribution in [0.25, 0.3) is 49.0 Å². The minimum atomic E-state index is -0.483. The number of hydrogen-bond donors (Lipinski definition) is 0. The van der Waals surface area contributed by atoms with Crippen LogP contribution in [0.5, 0.6) is 0 Å². The normalized spacial score (nSPS) is 15.1. The third-order valence-electron chi connectivity index (χ3n) is 10.3. The summed E-state index contributed by atoms with van der Waals surface area (Å²) in [6.45, 7) is 2.30. The fraction of sp³-hybridized carbons (Fsp3) is 0.239. The Hall–Kier alpha value is -5.00. The van der Waals surface area contributed by atoms with Crippen LogP contribution < -0.4 is 0 Å². The van der Waals surface area contributed by atoms with Crippen molar-refractivity contribution in [1.29, 1.82) is 5.26 Å². The van der Waals surface area contributed by atoms with E-state index in [0.717, 1.165) is 22.4 Å². The molecule has 0 aromatic heterocycles. The van der Waals surface area contributed by atoms with Crippen molar-refractivity contribution < 1.29 is 4.39 Å². The Bertz CT molecular complexity index is 2210. The topological polar surface area (TPSA) is 23.8 Å². The molecule has 1 unspecified atom stereocenters. The average Bonchev–Trinajstić information content (AvgIpc) is 3.14. The molecular weight excluding hydrogens is 586 g/mol. The predicted octanol–water partition coefficient (Wildman–Crippen LogP) is 13.1. The quantitative estimate of drug-likeness (QED) is 0.128. The van der Waals surface area contributed by atoms with E-state index in [1.807, 2.05) is 24.3 Å². The fourth-order valence-electron chi connectivity index (χ4n) is 7.80. The molecule has 0 spiro atoms. The third kappa shape index (κ3) is 6.43.